The number of hydrogen-bond donors (Lipinski definition) is 1. The van der Waals surface area contributed by atoms with Crippen LogP contribution in [0.4, 0.5) is 0 Å². The van der Waals surface area contributed by atoms with E-state index in [2.05, 4.69) is 34.8 Å². The minimum absolute atomic E-state index is 0. The normalized spacial score (nSPS) is 10.1. The second kappa shape index (κ2) is 9.63. The number of aryl methyl sites for hydroxylation is 1. The van der Waals surface area contributed by atoms with Crippen molar-refractivity contribution >= 4 is 0 Å². The molecule has 0 radical (unpaired) electrons. The number of aromatic nitrogens is 2. The highest BCUT2D eigenvalue weighted by Gasteiger charge is 2.02. The highest BCUT2D eigenvalue weighted by Crippen LogP contribution is 1.89. The van der Waals surface area contributed by atoms with Gasteiger partial charge in [-0.2, -0.15) is 0 Å². The molecule has 94 valence electrons. The standard InChI is InChI=1S/C11H21N2O2.ClH/c1-2-3-4-12-5-6-13(11-12)7-9-15-10-8-14;/h5-6,11,14H,2-4,7-10H2,1H3;1H/q+1;/p-1. The van der Waals surface area contributed by atoms with Crippen LogP contribution < -0.4 is 17.0 Å². The molecule has 0 bridgehead atoms. The van der Waals surface area contributed by atoms with Crippen molar-refractivity contribution in [1.29, 1.82) is 0 Å². The van der Waals surface area contributed by atoms with E-state index in [-0.39, 0.29) is 19.0 Å². The Morgan fingerprint density at radius 1 is 1.38 bits per heavy atom. The molecule has 1 N–H and O–H groups in total. The van der Waals surface area contributed by atoms with Gasteiger partial charge in [0, 0.05) is 0 Å². The fourth-order valence-electron chi connectivity index (χ4n) is 1.38. The first-order valence-corrected chi connectivity index (χ1v) is 5.60. The van der Waals surface area contributed by atoms with Crippen LogP contribution in [0, 0.1) is 0 Å². The molecule has 16 heavy (non-hydrogen) atoms. The smallest absolute Gasteiger partial charge is 0.243 e. The van der Waals surface area contributed by atoms with Gasteiger partial charge in [0.25, 0.3) is 0 Å². The second-order valence-electron chi connectivity index (χ2n) is 3.58. The highest BCUT2D eigenvalue weighted by molar-refractivity contribution is 4.65. The fraction of sp³-hybridized carbons (Fsp3) is 0.727. The Hall–Kier alpha value is -0.580. The van der Waals surface area contributed by atoms with Crippen molar-refractivity contribution in [2.45, 2.75) is 32.9 Å². The molecule has 4 nitrogen and oxygen atoms in total. The molecular weight excluding hydrogens is 228 g/mol. The van der Waals surface area contributed by atoms with Crippen molar-refractivity contribution in [3.63, 3.8) is 0 Å². The molecule has 1 heterocycles. The third-order valence-corrected chi connectivity index (χ3v) is 2.25. The van der Waals surface area contributed by atoms with E-state index >= 15 is 0 Å². The fourth-order valence-corrected chi connectivity index (χ4v) is 1.38. The maximum atomic E-state index is 8.53. The van der Waals surface area contributed by atoms with Crippen LogP contribution in [0.25, 0.3) is 0 Å². The first-order chi connectivity index (χ1) is 7.36. The van der Waals surface area contributed by atoms with E-state index < -0.39 is 0 Å². The lowest BCUT2D eigenvalue weighted by Crippen LogP contribution is -3.00. The van der Waals surface area contributed by atoms with Crippen molar-refractivity contribution in [2.24, 2.45) is 0 Å². The lowest BCUT2D eigenvalue weighted by molar-refractivity contribution is -0.696. The average Bonchev–Trinajstić information content (AvgIpc) is 2.69. The van der Waals surface area contributed by atoms with Gasteiger partial charge in [0.05, 0.1) is 26.4 Å². The monoisotopic (exact) mass is 248 g/mol. The number of ether oxygens (including phenoxy) is 1. The Kier molecular flexibility index (Phi) is 9.28. The van der Waals surface area contributed by atoms with Gasteiger partial charge in [-0.1, -0.05) is 13.3 Å². The number of unbranched alkanes of at least 4 members (excludes halogenated alkanes) is 1. The third-order valence-electron chi connectivity index (χ3n) is 2.25. The van der Waals surface area contributed by atoms with E-state index in [0.29, 0.717) is 13.2 Å². The number of nitrogens with zero attached hydrogens (tertiary/aromatic N) is 2. The summed E-state index contributed by atoms with van der Waals surface area (Å²) in [4.78, 5) is 0. The van der Waals surface area contributed by atoms with E-state index in [1.807, 2.05) is 0 Å². The Bertz CT molecular complexity index is 266. The van der Waals surface area contributed by atoms with Crippen LogP contribution in [-0.4, -0.2) is 29.5 Å². The topological polar surface area (TPSA) is 38.3 Å². The van der Waals surface area contributed by atoms with E-state index in [1.54, 1.807) is 0 Å². The van der Waals surface area contributed by atoms with Crippen LogP contribution >= 0.6 is 0 Å². The molecule has 0 saturated heterocycles. The number of imidazole rings is 1. The zero-order chi connectivity index (χ0) is 10.9. The SMILES string of the molecule is CCCC[n+]1ccn(CCOCCO)c1.[Cl-]. The maximum Gasteiger partial charge on any atom is 0.243 e. The summed E-state index contributed by atoms with van der Waals surface area (Å²) in [5, 5.41) is 8.53. The Labute approximate surface area is 103 Å². The van der Waals surface area contributed by atoms with Crippen LogP contribution in [0.3, 0.4) is 0 Å². The molecule has 0 aromatic carbocycles. The molecule has 0 spiro atoms. The number of aliphatic hydroxyl groups excluding tert-OH is 1. The highest BCUT2D eigenvalue weighted by atomic mass is 35.5. The number of halogens is 1. The van der Waals surface area contributed by atoms with Gasteiger partial charge in [0.2, 0.25) is 6.33 Å². The number of aliphatic hydroxyl groups is 1. The predicted octanol–water partition coefficient (Wildman–Crippen LogP) is -2.41. The summed E-state index contributed by atoms with van der Waals surface area (Å²) in [6.45, 7) is 5.31. The van der Waals surface area contributed by atoms with Gasteiger partial charge >= 0.3 is 0 Å². The summed E-state index contributed by atoms with van der Waals surface area (Å²) < 4.78 is 9.49. The van der Waals surface area contributed by atoms with Gasteiger partial charge in [-0.05, 0) is 6.42 Å². The molecule has 0 atom stereocenters. The predicted molar refractivity (Wildman–Crippen MR) is 57.4 cm³/mol. The van der Waals surface area contributed by atoms with E-state index in [9.17, 15) is 0 Å². The molecule has 0 amide bonds. The average molecular weight is 249 g/mol. The molecule has 0 aliphatic heterocycles. The summed E-state index contributed by atoms with van der Waals surface area (Å²) in [5.74, 6) is 0. The number of hydrogen-bond acceptors (Lipinski definition) is 2. The van der Waals surface area contributed by atoms with Gasteiger partial charge in [0.1, 0.15) is 18.9 Å². The van der Waals surface area contributed by atoms with Crippen LogP contribution in [0.2, 0.25) is 0 Å². The second-order valence-corrected chi connectivity index (χ2v) is 3.58. The zero-order valence-electron chi connectivity index (χ0n) is 9.81. The van der Waals surface area contributed by atoms with E-state index in [4.69, 9.17) is 9.84 Å². The molecule has 0 saturated carbocycles. The Morgan fingerprint density at radius 2 is 2.19 bits per heavy atom. The summed E-state index contributed by atoms with van der Waals surface area (Å²) in [6, 6.07) is 0. The molecule has 1 aromatic rings. The molecule has 0 fully saturated rings. The molecular formula is C11H21ClN2O2. The first kappa shape index (κ1) is 15.4. The van der Waals surface area contributed by atoms with Crippen LogP contribution in [0.1, 0.15) is 19.8 Å². The van der Waals surface area contributed by atoms with Crippen molar-refractivity contribution < 1.29 is 26.8 Å². The van der Waals surface area contributed by atoms with Crippen molar-refractivity contribution in [1.82, 2.24) is 4.57 Å². The molecule has 0 aliphatic rings. The van der Waals surface area contributed by atoms with Crippen molar-refractivity contribution in [2.75, 3.05) is 19.8 Å². The molecule has 0 unspecified atom stereocenters. The molecule has 1 aromatic heterocycles. The minimum Gasteiger partial charge on any atom is -1.00 e. The first-order valence-electron chi connectivity index (χ1n) is 5.60. The minimum atomic E-state index is 0. The Balaban J connectivity index is 0.00000225. The molecule has 1 rings (SSSR count). The largest absolute Gasteiger partial charge is 1.00 e. The van der Waals surface area contributed by atoms with Gasteiger partial charge in [-0.15, -0.1) is 0 Å². The van der Waals surface area contributed by atoms with E-state index in [1.165, 1.54) is 12.8 Å². The van der Waals surface area contributed by atoms with Crippen molar-refractivity contribution in [3.05, 3.63) is 18.7 Å². The summed E-state index contributed by atoms with van der Waals surface area (Å²) in [5.41, 5.74) is 0. The zero-order valence-corrected chi connectivity index (χ0v) is 10.6. The van der Waals surface area contributed by atoms with Crippen molar-refractivity contribution in [3.8, 4) is 0 Å². The van der Waals surface area contributed by atoms with Gasteiger partial charge in [0.15, 0.2) is 0 Å². The van der Waals surface area contributed by atoms with Gasteiger partial charge < -0.3 is 22.3 Å². The van der Waals surface area contributed by atoms with Gasteiger partial charge in [-0.25, -0.2) is 9.13 Å². The van der Waals surface area contributed by atoms with Crippen LogP contribution in [0.5, 0.6) is 0 Å². The molecule has 0 aliphatic carbocycles. The Morgan fingerprint density at radius 3 is 2.88 bits per heavy atom. The van der Waals surface area contributed by atoms with Crippen LogP contribution in [-0.2, 0) is 17.8 Å². The molecule has 5 heteroatoms. The van der Waals surface area contributed by atoms with Crippen LogP contribution in [0.15, 0.2) is 18.7 Å². The maximum absolute atomic E-state index is 8.53. The summed E-state index contributed by atoms with van der Waals surface area (Å²) >= 11 is 0. The van der Waals surface area contributed by atoms with Gasteiger partial charge in [-0.3, -0.25) is 0 Å². The number of rotatable bonds is 8. The summed E-state index contributed by atoms with van der Waals surface area (Å²) in [7, 11) is 0. The van der Waals surface area contributed by atoms with E-state index in [0.717, 1.165) is 13.1 Å². The quantitative estimate of drug-likeness (QED) is 0.411. The lowest BCUT2D eigenvalue weighted by atomic mass is 10.3. The lowest BCUT2D eigenvalue weighted by Gasteiger charge is -1.98. The third kappa shape index (κ3) is 6.10. The summed E-state index contributed by atoms with van der Waals surface area (Å²) in [6.07, 6.45) is 8.67.